The van der Waals surface area contributed by atoms with E-state index < -0.39 is 10.0 Å². The minimum absolute atomic E-state index is 0.00282. The Morgan fingerprint density at radius 2 is 1.83 bits per heavy atom. The van der Waals surface area contributed by atoms with Crippen LogP contribution in [0.1, 0.15) is 24.3 Å². The number of benzene rings is 2. The first kappa shape index (κ1) is 24.0. The number of aliphatic hydroxyl groups is 1. The first-order chi connectivity index (χ1) is 16.9. The van der Waals surface area contributed by atoms with Crippen LogP contribution in [0.5, 0.6) is 5.75 Å². The summed E-state index contributed by atoms with van der Waals surface area (Å²) in [7, 11) is -0.250. The predicted molar refractivity (Wildman–Crippen MR) is 134 cm³/mol. The molecule has 3 atom stereocenters. The lowest BCUT2D eigenvalue weighted by atomic mass is 9.74. The van der Waals surface area contributed by atoms with Gasteiger partial charge in [-0.1, -0.05) is 42.5 Å². The Morgan fingerprint density at radius 3 is 2.51 bits per heavy atom. The quantitative estimate of drug-likeness (QED) is 0.565. The number of aromatic nitrogens is 2. The van der Waals surface area contributed by atoms with Crippen molar-refractivity contribution >= 4 is 10.0 Å². The van der Waals surface area contributed by atoms with Crippen molar-refractivity contribution in [2.45, 2.75) is 35.9 Å². The Morgan fingerprint density at radius 1 is 1.09 bits per heavy atom. The maximum absolute atomic E-state index is 13.4. The third-order valence-corrected chi connectivity index (χ3v) is 9.08. The van der Waals surface area contributed by atoms with Crippen LogP contribution in [-0.4, -0.2) is 77.7 Å². The molecule has 5 rings (SSSR count). The monoisotopic (exact) mass is 496 g/mol. The van der Waals surface area contributed by atoms with Gasteiger partial charge in [-0.25, -0.2) is 13.4 Å². The number of aryl methyl sites for hydroxylation is 1. The molecule has 0 aliphatic carbocycles. The third-order valence-electron chi connectivity index (χ3n) is 7.33. The fourth-order valence-electron chi connectivity index (χ4n) is 5.55. The summed E-state index contributed by atoms with van der Waals surface area (Å²) in [5.74, 6) is 0.866. The summed E-state index contributed by atoms with van der Waals surface area (Å²) in [5.41, 5.74) is 3.19. The van der Waals surface area contributed by atoms with Crippen LogP contribution in [0.25, 0.3) is 11.1 Å². The van der Waals surface area contributed by atoms with Crippen LogP contribution in [0.2, 0.25) is 0 Å². The Balaban J connectivity index is 1.43. The normalized spacial score (nSPS) is 23.7. The number of nitrogens with zero attached hydrogens (tertiary/aromatic N) is 4. The molecule has 0 saturated carbocycles. The van der Waals surface area contributed by atoms with Gasteiger partial charge >= 0.3 is 0 Å². The van der Waals surface area contributed by atoms with E-state index in [9.17, 15) is 13.5 Å². The highest BCUT2D eigenvalue weighted by atomic mass is 32.2. The number of rotatable bonds is 6. The third kappa shape index (κ3) is 4.38. The molecule has 1 N–H and O–H groups in total. The summed E-state index contributed by atoms with van der Waals surface area (Å²) >= 11 is 0. The molecule has 8 nitrogen and oxygen atoms in total. The lowest BCUT2D eigenvalue weighted by molar-refractivity contribution is -0.0554. The molecule has 2 aliphatic rings. The van der Waals surface area contributed by atoms with E-state index in [2.05, 4.69) is 34.1 Å². The second-order valence-electron chi connectivity index (χ2n) is 9.35. The maximum atomic E-state index is 13.4. The van der Waals surface area contributed by atoms with Crippen LogP contribution in [0, 0.1) is 0 Å². The van der Waals surface area contributed by atoms with Crippen molar-refractivity contribution in [3.05, 3.63) is 66.6 Å². The van der Waals surface area contributed by atoms with Crippen molar-refractivity contribution in [3.63, 3.8) is 0 Å². The van der Waals surface area contributed by atoms with Gasteiger partial charge in [0.1, 0.15) is 5.75 Å². The number of hydrogen-bond acceptors (Lipinski definition) is 6. The maximum Gasteiger partial charge on any atom is 0.262 e. The van der Waals surface area contributed by atoms with Gasteiger partial charge in [0.25, 0.3) is 10.0 Å². The van der Waals surface area contributed by atoms with Crippen LogP contribution < -0.4 is 4.74 Å². The molecule has 3 aromatic rings. The Kier molecular flexibility index (Phi) is 6.67. The number of aliphatic hydroxyl groups excluding tert-OH is 1. The van der Waals surface area contributed by atoms with Crippen molar-refractivity contribution < 1.29 is 18.3 Å². The van der Waals surface area contributed by atoms with Gasteiger partial charge in [0.2, 0.25) is 0 Å². The van der Waals surface area contributed by atoms with E-state index in [1.807, 2.05) is 24.3 Å². The van der Waals surface area contributed by atoms with Crippen LogP contribution in [0.3, 0.4) is 0 Å². The molecule has 2 saturated heterocycles. The average molecular weight is 497 g/mol. The van der Waals surface area contributed by atoms with Crippen LogP contribution >= 0.6 is 0 Å². The van der Waals surface area contributed by atoms with Gasteiger partial charge in [-0.05, 0) is 36.6 Å². The number of ether oxygens (including phenoxy) is 1. The molecule has 0 bridgehead atoms. The zero-order valence-corrected chi connectivity index (χ0v) is 20.9. The molecule has 0 amide bonds. The Bertz CT molecular complexity index is 1270. The molecule has 0 spiro atoms. The molecule has 9 heteroatoms. The highest BCUT2D eigenvalue weighted by Gasteiger charge is 2.50. The molecular weight excluding hydrogens is 464 g/mol. The molecule has 1 aromatic heterocycles. The molecule has 0 radical (unpaired) electrons. The van der Waals surface area contributed by atoms with Gasteiger partial charge in [-0.2, -0.15) is 4.31 Å². The van der Waals surface area contributed by atoms with E-state index in [1.165, 1.54) is 6.33 Å². The summed E-state index contributed by atoms with van der Waals surface area (Å²) in [6, 6.07) is 16.3. The lowest BCUT2D eigenvalue weighted by Gasteiger charge is -2.57. The number of imidazole rings is 1. The van der Waals surface area contributed by atoms with Gasteiger partial charge in [-0.15, -0.1) is 0 Å². The van der Waals surface area contributed by atoms with E-state index in [0.29, 0.717) is 13.1 Å². The summed E-state index contributed by atoms with van der Waals surface area (Å²) in [6.07, 6.45) is 4.74. The summed E-state index contributed by atoms with van der Waals surface area (Å²) in [5, 5.41) is 10.3. The fraction of sp³-hybridized carbons (Fsp3) is 0.423. The molecule has 2 aromatic carbocycles. The second-order valence-corrected chi connectivity index (χ2v) is 11.2. The second kappa shape index (κ2) is 9.73. The highest BCUT2D eigenvalue weighted by molar-refractivity contribution is 7.89. The Hall–Kier alpha value is -2.72. The smallest absolute Gasteiger partial charge is 0.262 e. The predicted octanol–water partition coefficient (Wildman–Crippen LogP) is 2.71. The van der Waals surface area contributed by atoms with Crippen LogP contribution in [0.4, 0.5) is 0 Å². The highest BCUT2D eigenvalue weighted by Crippen LogP contribution is 2.43. The summed E-state index contributed by atoms with van der Waals surface area (Å²) in [6.45, 7) is 1.77. The topological polar surface area (TPSA) is 87.9 Å². The number of sulfonamides is 1. The molecule has 2 fully saturated rings. The molecule has 35 heavy (non-hydrogen) atoms. The van der Waals surface area contributed by atoms with E-state index in [4.69, 9.17) is 4.74 Å². The SMILES string of the molecule is COc1ccccc1-c1ccc([C@@H]2[C@@H](CO)N3CCCCN(S(=O)(=O)c4cn(C)cn4)C[C@@H]23)cc1. The molecule has 3 heterocycles. The van der Waals surface area contributed by atoms with Crippen LogP contribution in [-0.2, 0) is 17.1 Å². The summed E-state index contributed by atoms with van der Waals surface area (Å²) in [4.78, 5) is 6.39. The number of para-hydroxylation sites is 1. The standard InChI is InChI=1S/C26H32N4O4S/c1-28-16-25(27-18-28)35(32,33)29-13-5-6-14-30-22(15-29)26(23(30)17-31)20-11-9-19(10-12-20)21-7-3-4-8-24(21)34-2/h3-4,7-12,16,18,22-23,26,31H,5-6,13-15,17H2,1-2H3/t22-,23+,26-/m0/s1. The molecule has 0 unspecified atom stereocenters. The number of hydrogen-bond donors (Lipinski definition) is 1. The molecule has 2 aliphatic heterocycles. The summed E-state index contributed by atoms with van der Waals surface area (Å²) < 4.78 is 35.5. The van der Waals surface area contributed by atoms with Gasteiger partial charge in [-0.3, -0.25) is 4.90 Å². The zero-order valence-electron chi connectivity index (χ0n) is 20.1. The zero-order chi connectivity index (χ0) is 24.6. The van der Waals surface area contributed by atoms with Crippen molar-refractivity contribution in [3.8, 4) is 16.9 Å². The van der Waals surface area contributed by atoms with Gasteiger partial charge in [0, 0.05) is 49.9 Å². The van der Waals surface area contributed by atoms with Gasteiger partial charge in [0.05, 0.1) is 20.0 Å². The van der Waals surface area contributed by atoms with Crippen molar-refractivity contribution in [2.24, 2.45) is 7.05 Å². The largest absolute Gasteiger partial charge is 0.496 e. The molecule has 186 valence electrons. The lowest BCUT2D eigenvalue weighted by Crippen LogP contribution is -2.67. The number of methoxy groups -OCH3 is 1. The average Bonchev–Trinajstić information content (AvgIpc) is 3.30. The van der Waals surface area contributed by atoms with E-state index in [1.54, 1.807) is 29.2 Å². The molecular formula is C26H32N4O4S. The van der Waals surface area contributed by atoms with Crippen molar-refractivity contribution in [1.29, 1.82) is 0 Å². The van der Waals surface area contributed by atoms with Crippen LogP contribution in [0.15, 0.2) is 66.1 Å². The van der Waals surface area contributed by atoms with E-state index in [-0.39, 0.29) is 29.6 Å². The van der Waals surface area contributed by atoms with Gasteiger partial charge in [0.15, 0.2) is 5.03 Å². The Labute approximate surface area is 206 Å². The minimum Gasteiger partial charge on any atom is -0.496 e. The fourth-order valence-corrected chi connectivity index (χ4v) is 7.01. The van der Waals surface area contributed by atoms with E-state index >= 15 is 0 Å². The first-order valence-electron chi connectivity index (χ1n) is 12.0. The number of fused-ring (bicyclic) bond motifs is 1. The minimum atomic E-state index is -3.69. The first-order valence-corrected chi connectivity index (χ1v) is 13.5. The van der Waals surface area contributed by atoms with E-state index in [0.717, 1.165) is 41.8 Å². The van der Waals surface area contributed by atoms with Crippen molar-refractivity contribution in [1.82, 2.24) is 18.8 Å². The van der Waals surface area contributed by atoms with Crippen molar-refractivity contribution in [2.75, 3.05) is 33.4 Å². The van der Waals surface area contributed by atoms with Gasteiger partial charge < -0.3 is 14.4 Å².